The Morgan fingerprint density at radius 2 is 1.68 bits per heavy atom. The molecule has 1 N–H and O–H groups in total. The van der Waals surface area contributed by atoms with E-state index in [1.54, 1.807) is 12.1 Å². The van der Waals surface area contributed by atoms with Crippen LogP contribution < -0.4 is 4.74 Å². The van der Waals surface area contributed by atoms with Gasteiger partial charge in [0.25, 0.3) is 0 Å². The average molecular weight is 256 g/mol. The first-order chi connectivity index (χ1) is 9.29. The van der Waals surface area contributed by atoms with Crippen molar-refractivity contribution in [3.8, 4) is 11.5 Å². The van der Waals surface area contributed by atoms with Crippen LogP contribution in [0.4, 0.5) is 0 Å². The van der Waals surface area contributed by atoms with E-state index in [-0.39, 0.29) is 11.9 Å². The lowest BCUT2D eigenvalue weighted by atomic mass is 10.0. The van der Waals surface area contributed by atoms with Crippen LogP contribution in [0.15, 0.2) is 54.6 Å². The second-order valence-corrected chi connectivity index (χ2v) is 4.65. The first-order valence-corrected chi connectivity index (χ1v) is 6.80. The van der Waals surface area contributed by atoms with Gasteiger partial charge in [0.2, 0.25) is 0 Å². The molecular formula is C17H20O2. The number of hydrogen-bond acceptors (Lipinski definition) is 2. The number of benzene rings is 2. The molecule has 2 rings (SSSR count). The molecule has 0 saturated carbocycles. The molecule has 0 bridgehead atoms. The molecule has 19 heavy (non-hydrogen) atoms. The molecule has 0 radical (unpaired) electrons. The van der Waals surface area contributed by atoms with Crippen LogP contribution in [0.1, 0.15) is 37.9 Å². The highest BCUT2D eigenvalue weighted by atomic mass is 16.5. The molecule has 2 nitrogen and oxygen atoms in total. The monoisotopic (exact) mass is 256 g/mol. The molecule has 0 saturated heterocycles. The van der Waals surface area contributed by atoms with Gasteiger partial charge < -0.3 is 9.84 Å². The summed E-state index contributed by atoms with van der Waals surface area (Å²) < 4.78 is 6.06. The van der Waals surface area contributed by atoms with Gasteiger partial charge >= 0.3 is 0 Å². The number of rotatable bonds is 6. The van der Waals surface area contributed by atoms with Crippen LogP contribution in [-0.2, 0) is 0 Å². The summed E-state index contributed by atoms with van der Waals surface area (Å²) in [5.74, 6) is 1.18. The summed E-state index contributed by atoms with van der Waals surface area (Å²) in [7, 11) is 0. The Bertz CT molecular complexity index is 476. The minimum atomic E-state index is 0.0444. The molecule has 0 amide bonds. The predicted molar refractivity (Wildman–Crippen MR) is 77.4 cm³/mol. The number of unbranched alkanes of at least 4 members (excludes halogenated alkanes) is 1. The van der Waals surface area contributed by atoms with Gasteiger partial charge in [0.1, 0.15) is 17.6 Å². The van der Waals surface area contributed by atoms with E-state index < -0.39 is 0 Å². The van der Waals surface area contributed by atoms with Gasteiger partial charge in [-0.1, -0.05) is 43.7 Å². The van der Waals surface area contributed by atoms with E-state index in [1.165, 1.54) is 0 Å². The third-order valence-electron chi connectivity index (χ3n) is 3.11. The first kappa shape index (κ1) is 13.5. The minimum absolute atomic E-state index is 0.0444. The summed E-state index contributed by atoms with van der Waals surface area (Å²) in [6.45, 7) is 2.18. The maximum absolute atomic E-state index is 9.36. The van der Waals surface area contributed by atoms with Crippen LogP contribution in [0.3, 0.4) is 0 Å². The summed E-state index contributed by atoms with van der Waals surface area (Å²) >= 11 is 0. The van der Waals surface area contributed by atoms with E-state index in [9.17, 15) is 5.11 Å². The van der Waals surface area contributed by atoms with Crippen molar-refractivity contribution < 1.29 is 9.84 Å². The number of hydrogen-bond donors (Lipinski definition) is 1. The van der Waals surface area contributed by atoms with Crippen molar-refractivity contribution >= 4 is 0 Å². The summed E-state index contributed by atoms with van der Waals surface area (Å²) in [6, 6.07) is 17.2. The van der Waals surface area contributed by atoms with Crippen molar-refractivity contribution in [1.82, 2.24) is 0 Å². The SMILES string of the molecule is CCCCC(Oc1ccccc1)c1ccc(O)cc1. The van der Waals surface area contributed by atoms with Crippen molar-refractivity contribution in [1.29, 1.82) is 0 Å². The zero-order valence-electron chi connectivity index (χ0n) is 11.3. The van der Waals surface area contributed by atoms with Gasteiger partial charge in [-0.25, -0.2) is 0 Å². The van der Waals surface area contributed by atoms with Gasteiger partial charge in [-0.15, -0.1) is 0 Å². The van der Waals surface area contributed by atoms with Gasteiger partial charge in [0.05, 0.1) is 0 Å². The fraction of sp³-hybridized carbons (Fsp3) is 0.294. The van der Waals surface area contributed by atoms with E-state index >= 15 is 0 Å². The normalized spacial score (nSPS) is 12.1. The average Bonchev–Trinajstić information content (AvgIpc) is 2.45. The lowest BCUT2D eigenvalue weighted by Gasteiger charge is -2.19. The highest BCUT2D eigenvalue weighted by molar-refractivity contribution is 5.29. The van der Waals surface area contributed by atoms with Gasteiger partial charge in [-0.05, 0) is 42.7 Å². The Hall–Kier alpha value is -1.96. The van der Waals surface area contributed by atoms with Gasteiger partial charge in [0, 0.05) is 0 Å². The smallest absolute Gasteiger partial charge is 0.124 e. The van der Waals surface area contributed by atoms with E-state index in [0.717, 1.165) is 30.6 Å². The molecular weight excluding hydrogens is 236 g/mol. The third-order valence-corrected chi connectivity index (χ3v) is 3.11. The van der Waals surface area contributed by atoms with Crippen molar-refractivity contribution in [2.75, 3.05) is 0 Å². The largest absolute Gasteiger partial charge is 0.508 e. The highest BCUT2D eigenvalue weighted by Gasteiger charge is 2.12. The Kier molecular flexibility index (Phi) is 4.85. The quantitative estimate of drug-likeness (QED) is 0.811. The van der Waals surface area contributed by atoms with Crippen LogP contribution in [0.2, 0.25) is 0 Å². The number of para-hydroxylation sites is 1. The molecule has 0 aromatic heterocycles. The highest BCUT2D eigenvalue weighted by Crippen LogP contribution is 2.27. The van der Waals surface area contributed by atoms with E-state index in [0.29, 0.717) is 0 Å². The number of ether oxygens (including phenoxy) is 1. The molecule has 2 aromatic carbocycles. The zero-order chi connectivity index (χ0) is 13.5. The molecule has 0 spiro atoms. The topological polar surface area (TPSA) is 29.5 Å². The third kappa shape index (κ3) is 4.02. The first-order valence-electron chi connectivity index (χ1n) is 6.80. The van der Waals surface area contributed by atoms with Crippen molar-refractivity contribution in [3.63, 3.8) is 0 Å². The Morgan fingerprint density at radius 1 is 1.00 bits per heavy atom. The fourth-order valence-corrected chi connectivity index (χ4v) is 2.04. The molecule has 1 atom stereocenters. The second-order valence-electron chi connectivity index (χ2n) is 4.65. The molecule has 100 valence electrons. The van der Waals surface area contributed by atoms with Crippen molar-refractivity contribution in [2.45, 2.75) is 32.3 Å². The predicted octanol–water partition coefficient (Wildman–Crippen LogP) is 4.70. The standard InChI is InChI=1S/C17H20O2/c1-2-3-9-17(14-10-12-15(18)13-11-14)19-16-7-5-4-6-8-16/h4-8,10-13,17-18H,2-3,9H2,1H3. The summed E-state index contributed by atoms with van der Waals surface area (Å²) in [5, 5.41) is 9.36. The van der Waals surface area contributed by atoms with E-state index in [4.69, 9.17) is 4.74 Å². The van der Waals surface area contributed by atoms with E-state index in [1.807, 2.05) is 42.5 Å². The maximum atomic E-state index is 9.36. The van der Waals surface area contributed by atoms with Gasteiger partial charge in [-0.2, -0.15) is 0 Å². The lowest BCUT2D eigenvalue weighted by Crippen LogP contribution is -2.07. The van der Waals surface area contributed by atoms with Crippen LogP contribution in [0, 0.1) is 0 Å². The number of phenols is 1. The fourth-order valence-electron chi connectivity index (χ4n) is 2.04. The van der Waals surface area contributed by atoms with Gasteiger partial charge in [-0.3, -0.25) is 0 Å². The molecule has 2 aromatic rings. The van der Waals surface area contributed by atoms with Crippen LogP contribution in [0.5, 0.6) is 11.5 Å². The molecule has 0 aliphatic carbocycles. The summed E-state index contributed by atoms with van der Waals surface area (Å²) in [6.07, 6.45) is 3.30. The molecule has 0 aliphatic heterocycles. The van der Waals surface area contributed by atoms with Crippen LogP contribution in [-0.4, -0.2) is 5.11 Å². The molecule has 0 heterocycles. The minimum Gasteiger partial charge on any atom is -0.508 e. The second kappa shape index (κ2) is 6.83. The Labute approximate surface area is 114 Å². The van der Waals surface area contributed by atoms with Crippen LogP contribution >= 0.6 is 0 Å². The Morgan fingerprint density at radius 3 is 2.32 bits per heavy atom. The number of aromatic hydroxyl groups is 1. The molecule has 2 heteroatoms. The Balaban J connectivity index is 2.13. The summed E-state index contributed by atoms with van der Waals surface area (Å²) in [4.78, 5) is 0. The number of phenolic OH excluding ortho intramolecular Hbond substituents is 1. The molecule has 1 unspecified atom stereocenters. The summed E-state index contributed by atoms with van der Waals surface area (Å²) in [5.41, 5.74) is 1.11. The lowest BCUT2D eigenvalue weighted by molar-refractivity contribution is 0.191. The van der Waals surface area contributed by atoms with E-state index in [2.05, 4.69) is 6.92 Å². The maximum Gasteiger partial charge on any atom is 0.124 e. The van der Waals surface area contributed by atoms with Gasteiger partial charge in [0.15, 0.2) is 0 Å². The zero-order valence-corrected chi connectivity index (χ0v) is 11.3. The molecule has 0 fully saturated rings. The van der Waals surface area contributed by atoms with Crippen molar-refractivity contribution in [2.24, 2.45) is 0 Å². The van der Waals surface area contributed by atoms with Crippen LogP contribution in [0.25, 0.3) is 0 Å². The molecule has 0 aliphatic rings. The van der Waals surface area contributed by atoms with Crippen molar-refractivity contribution in [3.05, 3.63) is 60.2 Å².